The average Bonchev–Trinajstić information content (AvgIpc) is 2.88. The molecule has 98 valence electrons. The molecular formula is C14H18ClNO2. The van der Waals surface area contributed by atoms with Crippen molar-refractivity contribution < 1.29 is 9.53 Å². The Labute approximate surface area is 112 Å². The van der Waals surface area contributed by atoms with Crippen LogP contribution in [0.2, 0.25) is 5.02 Å². The van der Waals surface area contributed by atoms with Crippen LogP contribution in [0.15, 0.2) is 6.07 Å². The number of ketones is 1. The zero-order valence-electron chi connectivity index (χ0n) is 11.0. The van der Waals surface area contributed by atoms with E-state index in [1.54, 1.807) is 7.11 Å². The minimum Gasteiger partial charge on any atom is -0.496 e. The summed E-state index contributed by atoms with van der Waals surface area (Å²) < 4.78 is 5.34. The van der Waals surface area contributed by atoms with Crippen molar-refractivity contribution in [2.24, 2.45) is 5.92 Å². The van der Waals surface area contributed by atoms with E-state index in [0.29, 0.717) is 16.3 Å². The number of Topliss-reactive ketones (excluding diaryl/α,β-unsaturated/α-hetero) is 1. The molecule has 1 unspecified atom stereocenters. The van der Waals surface area contributed by atoms with E-state index in [0.717, 1.165) is 30.6 Å². The number of hydrogen-bond donors (Lipinski definition) is 1. The van der Waals surface area contributed by atoms with E-state index < -0.39 is 0 Å². The van der Waals surface area contributed by atoms with Crippen LogP contribution >= 0.6 is 11.6 Å². The van der Waals surface area contributed by atoms with Crippen molar-refractivity contribution in [2.45, 2.75) is 20.3 Å². The molecule has 1 heterocycles. The Bertz CT molecular complexity index is 479. The quantitative estimate of drug-likeness (QED) is 0.856. The molecule has 0 saturated carbocycles. The second-order valence-electron chi connectivity index (χ2n) is 4.76. The highest BCUT2D eigenvalue weighted by Crippen LogP contribution is 2.33. The molecule has 0 aliphatic carbocycles. The predicted octanol–water partition coefficient (Wildman–Crippen LogP) is 2.76. The predicted molar refractivity (Wildman–Crippen MR) is 72.8 cm³/mol. The van der Waals surface area contributed by atoms with E-state index >= 15 is 0 Å². The number of hydrogen-bond acceptors (Lipinski definition) is 3. The molecule has 1 aliphatic heterocycles. The normalized spacial score (nSPS) is 19.0. The SMILES string of the molecule is COc1cc(C)c(Cl)c(C)c1C(=O)C1CCNC1. The van der Waals surface area contributed by atoms with Crippen molar-refractivity contribution in [2.75, 3.05) is 20.2 Å². The summed E-state index contributed by atoms with van der Waals surface area (Å²) in [6.07, 6.45) is 0.882. The number of halogens is 1. The first kappa shape index (κ1) is 13.4. The fraction of sp³-hybridized carbons (Fsp3) is 0.500. The zero-order valence-corrected chi connectivity index (χ0v) is 11.7. The molecule has 2 rings (SSSR count). The minimum absolute atomic E-state index is 0.0383. The van der Waals surface area contributed by atoms with Gasteiger partial charge in [0.25, 0.3) is 0 Å². The van der Waals surface area contributed by atoms with Gasteiger partial charge in [-0.2, -0.15) is 0 Å². The van der Waals surface area contributed by atoms with Gasteiger partial charge >= 0.3 is 0 Å². The first-order valence-corrected chi connectivity index (χ1v) is 6.52. The Balaban J connectivity index is 2.48. The Hall–Kier alpha value is -1.06. The fourth-order valence-corrected chi connectivity index (χ4v) is 2.62. The summed E-state index contributed by atoms with van der Waals surface area (Å²) >= 11 is 6.24. The topological polar surface area (TPSA) is 38.3 Å². The van der Waals surface area contributed by atoms with Crippen LogP contribution in [0.25, 0.3) is 0 Å². The van der Waals surface area contributed by atoms with Crippen molar-refractivity contribution in [1.29, 1.82) is 0 Å². The number of nitrogens with one attached hydrogen (secondary N) is 1. The fourth-order valence-electron chi connectivity index (χ4n) is 2.47. The number of rotatable bonds is 3. The van der Waals surface area contributed by atoms with Crippen LogP contribution in [0, 0.1) is 19.8 Å². The van der Waals surface area contributed by atoms with Crippen LogP contribution in [-0.4, -0.2) is 26.0 Å². The summed E-state index contributed by atoms with van der Waals surface area (Å²) in [5.41, 5.74) is 2.40. The number of methoxy groups -OCH3 is 1. The van der Waals surface area contributed by atoms with Crippen LogP contribution < -0.4 is 10.1 Å². The number of benzene rings is 1. The second-order valence-corrected chi connectivity index (χ2v) is 5.14. The highest BCUT2D eigenvalue weighted by atomic mass is 35.5. The molecule has 1 fully saturated rings. The smallest absolute Gasteiger partial charge is 0.171 e. The van der Waals surface area contributed by atoms with E-state index in [2.05, 4.69) is 5.32 Å². The Kier molecular flexibility index (Phi) is 3.93. The lowest BCUT2D eigenvalue weighted by Gasteiger charge is -2.16. The largest absolute Gasteiger partial charge is 0.496 e. The average molecular weight is 268 g/mol. The van der Waals surface area contributed by atoms with Crippen molar-refractivity contribution >= 4 is 17.4 Å². The maximum Gasteiger partial charge on any atom is 0.171 e. The van der Waals surface area contributed by atoms with Crippen LogP contribution in [0.4, 0.5) is 0 Å². The van der Waals surface area contributed by atoms with Gasteiger partial charge in [0.05, 0.1) is 12.7 Å². The van der Waals surface area contributed by atoms with E-state index in [-0.39, 0.29) is 11.7 Å². The summed E-state index contributed by atoms with van der Waals surface area (Å²) in [6, 6.07) is 1.84. The Morgan fingerprint density at radius 2 is 2.22 bits per heavy atom. The van der Waals surface area contributed by atoms with E-state index in [1.807, 2.05) is 19.9 Å². The molecule has 0 bridgehead atoms. The summed E-state index contributed by atoms with van der Waals surface area (Å²) in [5.74, 6) is 0.805. The van der Waals surface area contributed by atoms with Crippen molar-refractivity contribution in [1.82, 2.24) is 5.32 Å². The van der Waals surface area contributed by atoms with Crippen molar-refractivity contribution in [3.8, 4) is 5.75 Å². The van der Waals surface area contributed by atoms with E-state index in [9.17, 15) is 4.79 Å². The van der Waals surface area contributed by atoms with Gasteiger partial charge in [-0.15, -0.1) is 0 Å². The molecule has 1 N–H and O–H groups in total. The van der Waals surface area contributed by atoms with Crippen molar-refractivity contribution in [3.63, 3.8) is 0 Å². The minimum atomic E-state index is 0.0383. The second kappa shape index (κ2) is 5.29. The van der Waals surface area contributed by atoms with Gasteiger partial charge in [-0.25, -0.2) is 0 Å². The monoisotopic (exact) mass is 267 g/mol. The lowest BCUT2D eigenvalue weighted by atomic mass is 9.92. The molecular weight excluding hydrogens is 250 g/mol. The van der Waals surface area contributed by atoms with Crippen LogP contribution in [0.5, 0.6) is 5.75 Å². The molecule has 1 saturated heterocycles. The summed E-state index contributed by atoms with van der Waals surface area (Å²) in [4.78, 5) is 12.5. The number of carbonyl (C=O) groups excluding carboxylic acids is 1. The van der Waals surface area contributed by atoms with Gasteiger partial charge in [0.1, 0.15) is 5.75 Å². The van der Waals surface area contributed by atoms with Gasteiger partial charge < -0.3 is 10.1 Å². The molecule has 0 spiro atoms. The number of carbonyl (C=O) groups is 1. The van der Waals surface area contributed by atoms with Gasteiger partial charge in [0.2, 0.25) is 0 Å². The first-order chi connectivity index (χ1) is 8.56. The Morgan fingerprint density at radius 3 is 2.78 bits per heavy atom. The highest BCUT2D eigenvalue weighted by molar-refractivity contribution is 6.32. The lowest BCUT2D eigenvalue weighted by Crippen LogP contribution is -2.19. The zero-order chi connectivity index (χ0) is 13.3. The third-order valence-corrected chi connectivity index (χ3v) is 4.12. The van der Waals surface area contributed by atoms with Crippen LogP contribution in [0.3, 0.4) is 0 Å². The summed E-state index contributed by atoms with van der Waals surface area (Å²) in [5, 5.41) is 3.87. The third-order valence-electron chi connectivity index (χ3n) is 3.54. The molecule has 18 heavy (non-hydrogen) atoms. The number of ether oxygens (including phenoxy) is 1. The molecule has 4 heteroatoms. The molecule has 0 radical (unpaired) electrons. The molecule has 0 aromatic heterocycles. The molecule has 1 aromatic rings. The Morgan fingerprint density at radius 1 is 1.50 bits per heavy atom. The molecule has 3 nitrogen and oxygen atoms in total. The van der Waals surface area contributed by atoms with E-state index in [4.69, 9.17) is 16.3 Å². The van der Waals surface area contributed by atoms with Gasteiger partial charge in [0, 0.05) is 17.5 Å². The van der Waals surface area contributed by atoms with Crippen molar-refractivity contribution in [3.05, 3.63) is 27.8 Å². The third kappa shape index (κ3) is 2.25. The first-order valence-electron chi connectivity index (χ1n) is 6.15. The van der Waals surface area contributed by atoms with Gasteiger partial charge in [0.15, 0.2) is 5.78 Å². The van der Waals surface area contributed by atoms with E-state index in [1.165, 1.54) is 0 Å². The summed E-state index contributed by atoms with van der Waals surface area (Å²) in [6.45, 7) is 5.45. The maximum absolute atomic E-state index is 12.5. The van der Waals surface area contributed by atoms with Gasteiger partial charge in [-0.05, 0) is 44.0 Å². The highest BCUT2D eigenvalue weighted by Gasteiger charge is 2.28. The van der Waals surface area contributed by atoms with Gasteiger partial charge in [-0.1, -0.05) is 11.6 Å². The molecule has 1 atom stereocenters. The lowest BCUT2D eigenvalue weighted by molar-refractivity contribution is 0.0926. The number of aryl methyl sites for hydroxylation is 1. The molecule has 1 aliphatic rings. The maximum atomic E-state index is 12.5. The van der Waals surface area contributed by atoms with Gasteiger partial charge in [-0.3, -0.25) is 4.79 Å². The summed E-state index contributed by atoms with van der Waals surface area (Å²) in [7, 11) is 1.59. The molecule has 0 amide bonds. The molecule has 1 aromatic carbocycles. The van der Waals surface area contributed by atoms with Crippen LogP contribution in [0.1, 0.15) is 27.9 Å². The van der Waals surface area contributed by atoms with Crippen LogP contribution in [-0.2, 0) is 0 Å². The standard InChI is InChI=1S/C14H18ClNO2/c1-8-6-11(18-3)12(9(2)13(8)15)14(17)10-4-5-16-7-10/h6,10,16H,4-5,7H2,1-3H3.